The summed E-state index contributed by atoms with van der Waals surface area (Å²) >= 11 is 0. The van der Waals surface area contributed by atoms with Crippen LogP contribution in [0.25, 0.3) is 0 Å². The Balaban J connectivity index is 1.58. The molecule has 1 heterocycles. The summed E-state index contributed by atoms with van der Waals surface area (Å²) in [5.74, 6) is 0.797. The van der Waals surface area contributed by atoms with Gasteiger partial charge in [0.2, 0.25) is 5.91 Å². The highest BCUT2D eigenvalue weighted by Crippen LogP contribution is 2.32. The number of benzene rings is 2. The summed E-state index contributed by atoms with van der Waals surface area (Å²) in [5, 5.41) is 2.81. The summed E-state index contributed by atoms with van der Waals surface area (Å²) in [7, 11) is 0. The van der Waals surface area contributed by atoms with Crippen molar-refractivity contribution in [3.63, 3.8) is 0 Å². The van der Waals surface area contributed by atoms with Gasteiger partial charge in [-0.1, -0.05) is 12.1 Å². The van der Waals surface area contributed by atoms with E-state index in [1.807, 2.05) is 32.9 Å². The lowest BCUT2D eigenvalue weighted by molar-refractivity contribution is -0.116. The number of anilines is 1. The van der Waals surface area contributed by atoms with E-state index in [0.29, 0.717) is 49.1 Å². The molecule has 2 aromatic rings. The molecule has 0 aromatic heterocycles. The van der Waals surface area contributed by atoms with Gasteiger partial charge >= 0.3 is 0 Å². The number of amides is 2. The second-order valence-electron chi connectivity index (χ2n) is 7.28. The smallest absolute Gasteiger partial charge is 0.254 e. The molecule has 1 aliphatic rings. The van der Waals surface area contributed by atoms with Gasteiger partial charge in [0.05, 0.1) is 12.7 Å². The molecule has 0 fully saturated rings. The van der Waals surface area contributed by atoms with Crippen molar-refractivity contribution in [1.82, 2.24) is 4.90 Å². The molecule has 160 valence electrons. The third kappa shape index (κ3) is 5.73. The molecule has 0 radical (unpaired) electrons. The van der Waals surface area contributed by atoms with E-state index >= 15 is 0 Å². The fraction of sp³-hybridized carbons (Fsp3) is 0.391. The highest BCUT2D eigenvalue weighted by atomic mass is 16.6. The Morgan fingerprint density at radius 2 is 1.77 bits per heavy atom. The van der Waals surface area contributed by atoms with Crippen LogP contribution in [-0.4, -0.2) is 49.1 Å². The molecule has 2 amide bonds. The van der Waals surface area contributed by atoms with Crippen LogP contribution in [0.4, 0.5) is 5.69 Å². The van der Waals surface area contributed by atoms with Gasteiger partial charge in [-0.3, -0.25) is 9.59 Å². The van der Waals surface area contributed by atoms with Gasteiger partial charge in [-0.05, 0) is 50.6 Å². The predicted octanol–water partition coefficient (Wildman–Crippen LogP) is 3.48. The molecule has 3 rings (SSSR count). The van der Waals surface area contributed by atoms with Gasteiger partial charge in [0.15, 0.2) is 11.5 Å². The Hall–Kier alpha value is -3.06. The zero-order chi connectivity index (χ0) is 21.5. The number of rotatable bonds is 8. The highest BCUT2D eigenvalue weighted by molar-refractivity contribution is 5.99. The second-order valence-corrected chi connectivity index (χ2v) is 7.28. The Bertz CT molecular complexity index is 880. The second kappa shape index (κ2) is 10.1. The SMILES string of the molecule is CCN(CC(=O)Nc1ccc2c(c1)OCCO2)C(=O)c1ccc(COC(C)C)cc1. The third-order valence-corrected chi connectivity index (χ3v) is 4.61. The summed E-state index contributed by atoms with van der Waals surface area (Å²) in [6.07, 6.45) is 0.148. The molecule has 0 saturated carbocycles. The van der Waals surface area contributed by atoms with Crippen molar-refractivity contribution >= 4 is 17.5 Å². The number of hydrogen-bond donors (Lipinski definition) is 1. The van der Waals surface area contributed by atoms with Crippen LogP contribution in [0.2, 0.25) is 0 Å². The van der Waals surface area contributed by atoms with Gasteiger partial charge in [-0.15, -0.1) is 0 Å². The first kappa shape index (κ1) is 21.6. The largest absolute Gasteiger partial charge is 0.486 e. The summed E-state index contributed by atoms with van der Waals surface area (Å²) in [5.41, 5.74) is 2.14. The molecular weight excluding hydrogens is 384 g/mol. The maximum atomic E-state index is 12.8. The number of hydrogen-bond acceptors (Lipinski definition) is 5. The first-order valence-corrected chi connectivity index (χ1v) is 10.2. The summed E-state index contributed by atoms with van der Waals surface area (Å²) in [4.78, 5) is 26.8. The molecule has 1 N–H and O–H groups in total. The molecule has 0 unspecified atom stereocenters. The van der Waals surface area contributed by atoms with Crippen LogP contribution in [0, 0.1) is 0 Å². The summed E-state index contributed by atoms with van der Waals surface area (Å²) in [6, 6.07) is 12.5. The van der Waals surface area contributed by atoms with E-state index in [2.05, 4.69) is 5.32 Å². The Kier molecular flexibility index (Phi) is 7.30. The number of carbonyl (C=O) groups is 2. The van der Waals surface area contributed by atoms with Crippen LogP contribution in [-0.2, 0) is 16.1 Å². The van der Waals surface area contributed by atoms with Crippen LogP contribution in [0.5, 0.6) is 11.5 Å². The van der Waals surface area contributed by atoms with E-state index in [4.69, 9.17) is 14.2 Å². The van der Waals surface area contributed by atoms with E-state index in [1.54, 1.807) is 30.3 Å². The average molecular weight is 412 g/mol. The van der Waals surface area contributed by atoms with Crippen LogP contribution < -0.4 is 14.8 Å². The first-order chi connectivity index (χ1) is 14.5. The van der Waals surface area contributed by atoms with Crippen molar-refractivity contribution < 1.29 is 23.8 Å². The van der Waals surface area contributed by atoms with Crippen molar-refractivity contribution in [3.8, 4) is 11.5 Å². The maximum absolute atomic E-state index is 12.8. The molecule has 0 bridgehead atoms. The van der Waals surface area contributed by atoms with Crippen molar-refractivity contribution in [2.45, 2.75) is 33.5 Å². The first-order valence-electron chi connectivity index (χ1n) is 10.2. The normalized spacial score (nSPS) is 12.5. The van der Waals surface area contributed by atoms with E-state index in [1.165, 1.54) is 4.90 Å². The molecule has 7 nitrogen and oxygen atoms in total. The third-order valence-electron chi connectivity index (χ3n) is 4.61. The van der Waals surface area contributed by atoms with Gasteiger partial charge in [-0.25, -0.2) is 0 Å². The van der Waals surface area contributed by atoms with Crippen LogP contribution >= 0.6 is 0 Å². The monoisotopic (exact) mass is 412 g/mol. The van der Waals surface area contributed by atoms with Crippen molar-refractivity contribution in [2.75, 3.05) is 31.6 Å². The van der Waals surface area contributed by atoms with Crippen LogP contribution in [0.3, 0.4) is 0 Å². The zero-order valence-electron chi connectivity index (χ0n) is 17.6. The van der Waals surface area contributed by atoms with Crippen molar-refractivity contribution in [1.29, 1.82) is 0 Å². The van der Waals surface area contributed by atoms with Gasteiger partial charge in [0.25, 0.3) is 5.91 Å². The number of nitrogens with zero attached hydrogens (tertiary/aromatic N) is 1. The minimum Gasteiger partial charge on any atom is -0.486 e. The van der Waals surface area contributed by atoms with Crippen molar-refractivity contribution in [2.24, 2.45) is 0 Å². The van der Waals surface area contributed by atoms with E-state index < -0.39 is 0 Å². The number of ether oxygens (including phenoxy) is 3. The molecule has 1 aliphatic heterocycles. The number of fused-ring (bicyclic) bond motifs is 1. The zero-order valence-corrected chi connectivity index (χ0v) is 17.6. The fourth-order valence-electron chi connectivity index (χ4n) is 3.01. The molecule has 30 heavy (non-hydrogen) atoms. The predicted molar refractivity (Wildman–Crippen MR) is 114 cm³/mol. The standard InChI is InChI=1S/C23H28N2O5/c1-4-25(23(27)18-7-5-17(6-8-18)15-30-16(2)3)14-22(26)24-19-9-10-20-21(13-19)29-12-11-28-20/h5-10,13,16H,4,11-12,14-15H2,1-3H3,(H,24,26). The molecule has 0 saturated heterocycles. The Morgan fingerprint density at radius 3 is 2.43 bits per heavy atom. The Labute approximate surface area is 176 Å². The quantitative estimate of drug-likeness (QED) is 0.718. The van der Waals surface area contributed by atoms with Gasteiger partial charge in [0.1, 0.15) is 19.8 Å². The van der Waals surface area contributed by atoms with Gasteiger partial charge in [0, 0.05) is 23.9 Å². The highest BCUT2D eigenvalue weighted by Gasteiger charge is 2.18. The van der Waals surface area contributed by atoms with Crippen LogP contribution in [0.1, 0.15) is 36.7 Å². The van der Waals surface area contributed by atoms with Gasteiger partial charge < -0.3 is 24.4 Å². The lowest BCUT2D eigenvalue weighted by Gasteiger charge is -2.21. The number of carbonyl (C=O) groups excluding carboxylic acids is 2. The summed E-state index contributed by atoms with van der Waals surface area (Å²) in [6.45, 7) is 7.68. The maximum Gasteiger partial charge on any atom is 0.254 e. The minimum absolute atomic E-state index is 0.0397. The summed E-state index contributed by atoms with van der Waals surface area (Å²) < 4.78 is 16.6. The number of nitrogens with one attached hydrogen (secondary N) is 1. The Morgan fingerprint density at radius 1 is 1.07 bits per heavy atom. The molecule has 0 spiro atoms. The fourth-order valence-corrected chi connectivity index (χ4v) is 3.01. The molecule has 7 heteroatoms. The lowest BCUT2D eigenvalue weighted by atomic mass is 10.1. The average Bonchev–Trinajstić information content (AvgIpc) is 2.76. The number of likely N-dealkylation sites (N-methyl/N-ethyl adjacent to an activating group) is 1. The van der Waals surface area contributed by atoms with E-state index in [9.17, 15) is 9.59 Å². The topological polar surface area (TPSA) is 77.1 Å². The van der Waals surface area contributed by atoms with Crippen molar-refractivity contribution in [3.05, 3.63) is 53.6 Å². The molecule has 0 atom stereocenters. The molecular formula is C23H28N2O5. The van der Waals surface area contributed by atoms with E-state index in [0.717, 1.165) is 5.56 Å². The molecule has 2 aromatic carbocycles. The lowest BCUT2D eigenvalue weighted by Crippen LogP contribution is -2.37. The van der Waals surface area contributed by atoms with Gasteiger partial charge in [-0.2, -0.15) is 0 Å². The molecule has 0 aliphatic carbocycles. The minimum atomic E-state index is -0.274. The van der Waals surface area contributed by atoms with E-state index in [-0.39, 0.29) is 24.5 Å². The van der Waals surface area contributed by atoms with Crippen LogP contribution in [0.15, 0.2) is 42.5 Å².